The maximum absolute atomic E-state index is 5.34. The third-order valence-corrected chi connectivity index (χ3v) is 1.36. The van der Waals surface area contributed by atoms with Crippen LogP contribution in [0.3, 0.4) is 0 Å². The number of hydrogen-bond acceptors (Lipinski definition) is 2. The van der Waals surface area contributed by atoms with Gasteiger partial charge in [0.25, 0.3) is 0 Å². The van der Waals surface area contributed by atoms with Crippen molar-refractivity contribution in [2.45, 2.75) is 13.8 Å². The van der Waals surface area contributed by atoms with E-state index in [4.69, 9.17) is 4.74 Å². The van der Waals surface area contributed by atoms with Gasteiger partial charge in [0.2, 0.25) is 5.90 Å². The Bertz CT molecular complexity index is 302. The zero-order valence-corrected chi connectivity index (χ0v) is 7.24. The maximum atomic E-state index is 5.34. The Morgan fingerprint density at radius 2 is 2.50 bits per heavy atom. The van der Waals surface area contributed by atoms with Crippen molar-refractivity contribution in [3.8, 4) is 0 Å². The van der Waals surface area contributed by atoms with Gasteiger partial charge in [0.1, 0.15) is 0 Å². The monoisotopic (exact) mass is 161 g/mol. The standard InChI is InChI=1S/C10H11NO/c1-3-9(2)12-10-7-5-4-6-8-11-10/h3-4,6-8H,1-2H3. The molecule has 0 spiro atoms. The normalized spacial score (nSPS) is 15.8. The van der Waals surface area contributed by atoms with E-state index in [0.717, 1.165) is 5.76 Å². The van der Waals surface area contributed by atoms with Crippen molar-refractivity contribution in [3.63, 3.8) is 0 Å². The summed E-state index contributed by atoms with van der Waals surface area (Å²) in [6.07, 6.45) is 8.85. The van der Waals surface area contributed by atoms with E-state index in [2.05, 4.69) is 10.7 Å². The van der Waals surface area contributed by atoms with Gasteiger partial charge in [-0.1, -0.05) is 0 Å². The smallest absolute Gasteiger partial charge is 0.226 e. The molecule has 0 atom stereocenters. The molecule has 1 aliphatic heterocycles. The van der Waals surface area contributed by atoms with Crippen LogP contribution in [0.25, 0.3) is 0 Å². The van der Waals surface area contributed by atoms with Crippen LogP contribution in [0.1, 0.15) is 13.8 Å². The Hall–Kier alpha value is -1.53. The molecule has 0 aliphatic carbocycles. The molecule has 62 valence electrons. The molecule has 0 aromatic carbocycles. The summed E-state index contributed by atoms with van der Waals surface area (Å²) in [6, 6.07) is 0. The Kier molecular flexibility index (Phi) is 3.12. The highest BCUT2D eigenvalue weighted by atomic mass is 16.5. The van der Waals surface area contributed by atoms with E-state index >= 15 is 0 Å². The van der Waals surface area contributed by atoms with Crippen molar-refractivity contribution >= 4 is 5.90 Å². The summed E-state index contributed by atoms with van der Waals surface area (Å²) >= 11 is 0. The highest BCUT2D eigenvalue weighted by molar-refractivity contribution is 5.88. The van der Waals surface area contributed by atoms with Crippen LogP contribution in [0.2, 0.25) is 0 Å². The largest absolute Gasteiger partial charge is 0.443 e. The lowest BCUT2D eigenvalue weighted by Crippen LogP contribution is -1.97. The van der Waals surface area contributed by atoms with E-state index in [-0.39, 0.29) is 0 Å². The third-order valence-electron chi connectivity index (χ3n) is 1.36. The van der Waals surface area contributed by atoms with Crippen molar-refractivity contribution < 1.29 is 4.74 Å². The van der Waals surface area contributed by atoms with Crippen molar-refractivity contribution in [3.05, 3.63) is 42.0 Å². The fourth-order valence-corrected chi connectivity index (χ4v) is 0.651. The van der Waals surface area contributed by atoms with Gasteiger partial charge in [-0.25, -0.2) is 4.99 Å². The van der Waals surface area contributed by atoms with Gasteiger partial charge in [0.05, 0.1) is 5.76 Å². The number of nitrogens with zero attached hydrogens (tertiary/aromatic N) is 1. The molecule has 0 radical (unpaired) electrons. The van der Waals surface area contributed by atoms with Gasteiger partial charge in [0.15, 0.2) is 0 Å². The van der Waals surface area contributed by atoms with Gasteiger partial charge in [-0.3, -0.25) is 0 Å². The van der Waals surface area contributed by atoms with E-state index < -0.39 is 0 Å². The minimum absolute atomic E-state index is 0.565. The van der Waals surface area contributed by atoms with Gasteiger partial charge in [0, 0.05) is 12.3 Å². The van der Waals surface area contributed by atoms with Crippen LogP contribution in [0.15, 0.2) is 47.0 Å². The molecule has 2 heteroatoms. The molecule has 2 nitrogen and oxygen atoms in total. The molecule has 0 unspecified atom stereocenters. The van der Waals surface area contributed by atoms with E-state index in [1.807, 2.05) is 19.9 Å². The van der Waals surface area contributed by atoms with Crippen molar-refractivity contribution in [2.75, 3.05) is 0 Å². The number of aliphatic imine (C=N–C) groups is 1. The first-order valence-electron chi connectivity index (χ1n) is 3.79. The summed E-state index contributed by atoms with van der Waals surface area (Å²) < 4.78 is 5.34. The molecule has 0 aromatic heterocycles. The van der Waals surface area contributed by atoms with Crippen LogP contribution >= 0.6 is 0 Å². The van der Waals surface area contributed by atoms with Crippen LogP contribution < -0.4 is 0 Å². The first-order valence-corrected chi connectivity index (χ1v) is 3.79. The predicted molar refractivity (Wildman–Crippen MR) is 49.7 cm³/mol. The summed E-state index contributed by atoms with van der Waals surface area (Å²) in [5, 5.41) is 0. The Balaban J connectivity index is 2.70. The van der Waals surface area contributed by atoms with E-state index in [0.29, 0.717) is 5.90 Å². The Morgan fingerprint density at radius 1 is 1.67 bits per heavy atom. The summed E-state index contributed by atoms with van der Waals surface area (Å²) in [5.74, 6) is 1.40. The Labute approximate surface area is 72.3 Å². The summed E-state index contributed by atoms with van der Waals surface area (Å²) in [5.41, 5.74) is 2.91. The van der Waals surface area contributed by atoms with Gasteiger partial charge in [-0.15, -0.1) is 5.73 Å². The SMILES string of the molecule is CC=C(C)OC1=NC=CC=C=C1. The molecule has 0 fully saturated rings. The fourth-order valence-electron chi connectivity index (χ4n) is 0.651. The Morgan fingerprint density at radius 3 is 3.25 bits per heavy atom. The molecule has 0 aromatic rings. The van der Waals surface area contributed by atoms with Crippen LogP contribution in [0, 0.1) is 0 Å². The summed E-state index contributed by atoms with van der Waals surface area (Å²) in [4.78, 5) is 4.03. The molecular weight excluding hydrogens is 150 g/mol. The zero-order valence-electron chi connectivity index (χ0n) is 7.24. The first-order chi connectivity index (χ1) is 5.83. The molecule has 0 saturated carbocycles. The lowest BCUT2D eigenvalue weighted by atomic mass is 10.5. The summed E-state index contributed by atoms with van der Waals surface area (Å²) in [6.45, 7) is 3.80. The third kappa shape index (κ3) is 2.60. The van der Waals surface area contributed by atoms with Crippen molar-refractivity contribution in [1.29, 1.82) is 0 Å². The number of allylic oxidation sites excluding steroid dienone is 3. The fraction of sp³-hybridized carbons (Fsp3) is 0.200. The maximum Gasteiger partial charge on any atom is 0.226 e. The number of hydrogen-bond donors (Lipinski definition) is 0. The minimum atomic E-state index is 0.565. The molecule has 0 saturated heterocycles. The second-order valence-corrected chi connectivity index (χ2v) is 2.29. The van der Waals surface area contributed by atoms with E-state index in [1.54, 1.807) is 24.4 Å². The molecule has 1 heterocycles. The minimum Gasteiger partial charge on any atom is -0.443 e. The van der Waals surface area contributed by atoms with Crippen LogP contribution in [0.4, 0.5) is 0 Å². The van der Waals surface area contributed by atoms with Gasteiger partial charge >= 0.3 is 0 Å². The highest BCUT2D eigenvalue weighted by Crippen LogP contribution is 1.99. The molecule has 0 bridgehead atoms. The zero-order chi connectivity index (χ0) is 8.81. The second-order valence-electron chi connectivity index (χ2n) is 2.29. The first kappa shape index (κ1) is 8.57. The molecule has 1 aliphatic rings. The molecule has 12 heavy (non-hydrogen) atoms. The van der Waals surface area contributed by atoms with Crippen LogP contribution in [-0.2, 0) is 4.74 Å². The second kappa shape index (κ2) is 4.37. The highest BCUT2D eigenvalue weighted by Gasteiger charge is 1.95. The van der Waals surface area contributed by atoms with E-state index in [1.165, 1.54) is 0 Å². The predicted octanol–water partition coefficient (Wildman–Crippen LogP) is 2.56. The van der Waals surface area contributed by atoms with Crippen LogP contribution in [0.5, 0.6) is 0 Å². The molecule has 0 amide bonds. The van der Waals surface area contributed by atoms with Gasteiger partial charge in [-0.05, 0) is 32.1 Å². The van der Waals surface area contributed by atoms with Crippen LogP contribution in [-0.4, -0.2) is 5.90 Å². The molecular formula is C10H11NO. The quantitative estimate of drug-likeness (QED) is 0.428. The van der Waals surface area contributed by atoms with Crippen molar-refractivity contribution in [1.82, 2.24) is 0 Å². The van der Waals surface area contributed by atoms with Crippen molar-refractivity contribution in [2.24, 2.45) is 4.99 Å². The molecule has 0 N–H and O–H groups in total. The average molecular weight is 161 g/mol. The summed E-state index contributed by atoms with van der Waals surface area (Å²) in [7, 11) is 0. The lowest BCUT2D eigenvalue weighted by Gasteiger charge is -2.01. The topological polar surface area (TPSA) is 21.6 Å². The lowest BCUT2D eigenvalue weighted by molar-refractivity contribution is 0.420. The van der Waals surface area contributed by atoms with E-state index in [9.17, 15) is 0 Å². The van der Waals surface area contributed by atoms with Gasteiger partial charge < -0.3 is 4.74 Å². The van der Waals surface area contributed by atoms with Gasteiger partial charge in [-0.2, -0.15) is 0 Å². The number of ether oxygens (including phenoxy) is 1. The number of rotatable bonds is 1. The average Bonchev–Trinajstić information content (AvgIpc) is 2.33. The molecule has 1 rings (SSSR count).